The fourth-order valence-electron chi connectivity index (χ4n) is 12.9. The number of nitrogens with zero attached hydrogens (tertiary/aromatic N) is 24. The third kappa shape index (κ3) is 15.5. The number of H-pyrrole nitrogens is 3. The minimum atomic E-state index is -0.383. The minimum Gasteiger partial charge on any atom is -0.392 e. The molecule has 0 aliphatic rings. The molecule has 0 fully saturated rings. The van der Waals surface area contributed by atoms with Gasteiger partial charge in [0.2, 0.25) is 0 Å². The van der Waals surface area contributed by atoms with Gasteiger partial charge in [0.15, 0.2) is 77.6 Å². The Bertz CT molecular complexity index is 6800. The van der Waals surface area contributed by atoms with Gasteiger partial charge in [-0.15, -0.1) is 0 Å². The molecular weight excluding hydrogens is 1550 g/mol. The standard InChI is InChI=1S/C20H17ClN8.2C19H14ClFN8.C19H15ClN8/c1-2-14(27-20-18-19(24-10-23-18)25-11-26-20)13-8-16-22-9-15(21)29(16)28-17(13)12-6-4-3-5-7-12;1-10(27-19-17-18(24-8-23-17)25-9-26-19)13-6-15-22-7-14(20)29(15)28-16(13)11-3-2-4-12(21)5-11;1-10(27-19-17(23-2)18(22)25-9-26-19)13-7-15-24-8-14(20)29(15)28-16(13)11-4-3-5-12(21)6-11;1-11(26-19-17-18(23-9-22-17)24-10-25-19)13-7-15-21-8-14(20)28(15)27-16(13)12-5-3-2-4-6-12/h3-11,14H,2H2,1H3,(H2,23,24,25,26,27);2-10H,1H3,(H2,23,24,25,26,27);3-10H,1H3,(H3,22,25,26,27);2-11H,1H3,(H2,22,23,24,25,26)/t14-;2*10-;11-/m1000/s1. The number of imidazole rings is 7. The number of hydrogen-bond donors (Lipinski definition) is 8. The molecule has 0 spiro atoms. The number of nitrogens with one attached hydrogen (secondary N) is 7. The van der Waals surface area contributed by atoms with Crippen molar-refractivity contribution in [1.29, 1.82) is 0 Å². The van der Waals surface area contributed by atoms with E-state index < -0.39 is 0 Å². The lowest BCUT2D eigenvalue weighted by Crippen LogP contribution is -2.14. The number of halogens is 6. The summed E-state index contributed by atoms with van der Waals surface area (Å²) in [6.45, 7) is 15.3. The number of benzene rings is 4. The number of rotatable bonds is 17. The quantitative estimate of drug-likeness (QED) is 0.0393. The molecule has 32 nitrogen and oxygen atoms in total. The van der Waals surface area contributed by atoms with Crippen LogP contribution in [0.5, 0.6) is 0 Å². The lowest BCUT2D eigenvalue weighted by molar-refractivity contribution is 0.627. The lowest BCUT2D eigenvalue weighted by Gasteiger charge is -2.21. The van der Waals surface area contributed by atoms with E-state index in [0.29, 0.717) is 111 Å². The van der Waals surface area contributed by atoms with Crippen molar-refractivity contribution in [3.05, 3.63) is 268 Å². The first-order valence-corrected chi connectivity index (χ1v) is 36.8. The van der Waals surface area contributed by atoms with Gasteiger partial charge in [-0.3, -0.25) is 0 Å². The van der Waals surface area contributed by atoms with E-state index in [-0.39, 0.29) is 47.3 Å². The van der Waals surface area contributed by atoms with Crippen molar-refractivity contribution in [2.75, 3.05) is 27.0 Å². The van der Waals surface area contributed by atoms with Gasteiger partial charge in [-0.05, 0) is 75.7 Å². The van der Waals surface area contributed by atoms with E-state index in [1.165, 1.54) is 71.0 Å². The van der Waals surface area contributed by atoms with Gasteiger partial charge in [-0.1, -0.05) is 138 Å². The van der Waals surface area contributed by atoms with Crippen LogP contribution in [0.25, 0.3) is 106 Å². The number of anilines is 5. The zero-order valence-corrected chi connectivity index (χ0v) is 63.7. The Morgan fingerprint density at radius 3 is 1.10 bits per heavy atom. The monoisotopic (exact) mass is 1610 g/mol. The average Bonchev–Trinajstić information content (AvgIpc) is 1.74. The lowest BCUT2D eigenvalue weighted by atomic mass is 9.98. The Morgan fingerprint density at radius 2 is 0.730 bits per heavy atom. The topological polar surface area (TPSA) is 388 Å². The maximum atomic E-state index is 13.9. The summed E-state index contributed by atoms with van der Waals surface area (Å²) in [4.78, 5) is 75.9. The normalized spacial score (nSPS) is 12.4. The van der Waals surface area contributed by atoms with Gasteiger partial charge in [0, 0.05) is 44.5 Å². The average molecular weight is 1610 g/mol. The van der Waals surface area contributed by atoms with E-state index >= 15 is 0 Å². The predicted molar refractivity (Wildman–Crippen MR) is 434 cm³/mol. The first kappa shape index (κ1) is 74.7. The molecule has 0 amide bonds. The molecule has 15 aromatic heterocycles. The molecule has 570 valence electrons. The van der Waals surface area contributed by atoms with Crippen molar-refractivity contribution in [3.63, 3.8) is 0 Å². The van der Waals surface area contributed by atoms with Crippen LogP contribution in [0.1, 0.15) is 80.5 Å². The summed E-state index contributed by atoms with van der Waals surface area (Å²) in [5.74, 6) is 1.63. The third-order valence-corrected chi connectivity index (χ3v) is 19.4. The number of nitrogens with two attached hydrogens (primary N) is 1. The van der Waals surface area contributed by atoms with Crippen molar-refractivity contribution in [2.24, 2.45) is 0 Å². The van der Waals surface area contributed by atoms with Crippen LogP contribution in [-0.2, 0) is 0 Å². The van der Waals surface area contributed by atoms with Crippen molar-refractivity contribution in [3.8, 4) is 45.0 Å². The molecule has 0 aliphatic heterocycles. The Balaban J connectivity index is 0.000000115. The molecule has 9 N–H and O–H groups in total. The number of nitrogen functional groups attached to an aromatic ring is 1. The van der Waals surface area contributed by atoms with E-state index in [4.69, 9.17) is 68.9 Å². The summed E-state index contributed by atoms with van der Waals surface area (Å²) in [5, 5.41) is 33.9. The summed E-state index contributed by atoms with van der Waals surface area (Å²) in [5.41, 5.74) is 21.9. The van der Waals surface area contributed by atoms with Gasteiger partial charge in [0.1, 0.15) is 65.1 Å². The van der Waals surface area contributed by atoms with E-state index in [2.05, 4.69) is 140 Å². The largest absolute Gasteiger partial charge is 0.392 e. The highest BCUT2D eigenvalue weighted by molar-refractivity contribution is 6.30. The number of aromatic nitrogens is 26. The molecule has 0 saturated carbocycles. The van der Waals surface area contributed by atoms with Gasteiger partial charge >= 0.3 is 0 Å². The second-order valence-electron chi connectivity index (χ2n) is 25.7. The van der Waals surface area contributed by atoms with Crippen molar-refractivity contribution >= 4 is 137 Å². The fraction of sp³-hybridized carbons (Fsp3) is 0.117. The zero-order chi connectivity index (χ0) is 79.4. The second kappa shape index (κ2) is 32.5. The summed E-state index contributed by atoms with van der Waals surface area (Å²) in [6, 6.07) is 39.3. The Kier molecular flexibility index (Phi) is 21.1. The molecule has 0 bridgehead atoms. The van der Waals surface area contributed by atoms with Crippen LogP contribution in [0.3, 0.4) is 0 Å². The summed E-state index contributed by atoms with van der Waals surface area (Å²) >= 11 is 24.9. The minimum absolute atomic E-state index is 0.0559. The maximum Gasteiger partial charge on any atom is 0.268 e. The predicted octanol–water partition coefficient (Wildman–Crippen LogP) is 16.5. The molecule has 0 unspecified atom stereocenters. The molecule has 0 saturated heterocycles. The molecular formula is C77H60Cl4F2N32. The number of aromatic amines is 3. The highest BCUT2D eigenvalue weighted by Crippen LogP contribution is 2.38. The second-order valence-corrected chi connectivity index (χ2v) is 27.2. The first-order valence-electron chi connectivity index (χ1n) is 35.3. The molecule has 115 heavy (non-hydrogen) atoms. The van der Waals surface area contributed by atoms with Gasteiger partial charge in [-0.25, -0.2) is 106 Å². The molecule has 0 aliphatic carbocycles. The van der Waals surface area contributed by atoms with Crippen molar-refractivity contribution in [1.82, 2.24) is 128 Å². The van der Waals surface area contributed by atoms with Crippen molar-refractivity contribution < 1.29 is 8.78 Å². The summed E-state index contributed by atoms with van der Waals surface area (Å²) in [7, 11) is 0. The zero-order valence-electron chi connectivity index (χ0n) is 60.6. The van der Waals surface area contributed by atoms with Crippen LogP contribution in [-0.4, -0.2) is 128 Å². The SMILES string of the molecule is CC[C@@H](Nc1ncnc2nc[nH]c12)c1cc2ncc(Cl)n2nc1-c1ccccc1.C[C@H](Nc1ncnc2nc[nH]c12)c1cc2ncc(Cl)n2nc1-c1cccc(F)c1.C[C@H](Nc1ncnc2nc[nH]c12)c1cc2ncc(Cl)n2nc1-c1ccccc1.[C-]#[N+]c1c(N)ncnc1N[C@@H](C)c1cc2ncc(Cl)n2nc1-c1cccc(F)c1. The Labute approximate surface area is 669 Å². The van der Waals surface area contributed by atoms with Crippen LogP contribution in [0.4, 0.5) is 43.6 Å². The number of hydrogen-bond acceptors (Lipinski definition) is 24. The van der Waals surface area contributed by atoms with E-state index in [9.17, 15) is 8.78 Å². The highest BCUT2D eigenvalue weighted by atomic mass is 35.5. The van der Waals surface area contributed by atoms with Gasteiger partial charge < -0.3 is 42.0 Å². The smallest absolute Gasteiger partial charge is 0.268 e. The van der Waals surface area contributed by atoms with Crippen LogP contribution in [0.15, 0.2) is 203 Å². The van der Waals surface area contributed by atoms with Crippen LogP contribution >= 0.6 is 46.4 Å². The summed E-state index contributed by atoms with van der Waals surface area (Å²) in [6.07, 6.45) is 17.5. The fourth-order valence-corrected chi connectivity index (χ4v) is 13.6. The van der Waals surface area contributed by atoms with Crippen LogP contribution in [0.2, 0.25) is 20.6 Å². The molecule has 4 atom stereocenters. The maximum absolute atomic E-state index is 13.9. The van der Waals surface area contributed by atoms with E-state index in [0.717, 1.165) is 62.2 Å². The van der Waals surface area contributed by atoms with Crippen molar-refractivity contribution in [2.45, 2.75) is 58.3 Å². The van der Waals surface area contributed by atoms with E-state index in [1.807, 2.05) is 92.7 Å². The molecule has 0 radical (unpaired) electrons. The first-order chi connectivity index (χ1) is 56.0. The summed E-state index contributed by atoms with van der Waals surface area (Å²) < 4.78 is 34.0. The van der Waals surface area contributed by atoms with Crippen LogP contribution in [0, 0.1) is 18.2 Å². The molecule has 38 heteroatoms. The molecule has 4 aromatic carbocycles. The molecule has 19 aromatic rings. The molecule has 19 rings (SSSR count). The Hall–Kier alpha value is -14.4. The van der Waals surface area contributed by atoms with Gasteiger partial charge in [0.05, 0.1) is 97.3 Å². The Morgan fingerprint density at radius 1 is 0.400 bits per heavy atom. The third-order valence-electron chi connectivity index (χ3n) is 18.4. The van der Waals surface area contributed by atoms with Crippen LogP contribution < -0.4 is 27.0 Å². The molecule has 15 heterocycles. The number of fused-ring (bicyclic) bond motifs is 7. The van der Waals surface area contributed by atoms with Gasteiger partial charge in [0.25, 0.3) is 5.69 Å². The van der Waals surface area contributed by atoms with Gasteiger partial charge in [-0.2, -0.15) is 20.4 Å². The highest BCUT2D eigenvalue weighted by Gasteiger charge is 2.26. The van der Waals surface area contributed by atoms with E-state index in [1.54, 1.807) is 70.7 Å².